The van der Waals surface area contributed by atoms with E-state index in [1.807, 2.05) is 72.8 Å². The molecule has 5 nitrogen and oxygen atoms in total. The molecular formula is C27H26N2O3. The molecule has 32 heavy (non-hydrogen) atoms. The Morgan fingerprint density at radius 1 is 0.812 bits per heavy atom. The van der Waals surface area contributed by atoms with Crippen LogP contribution in [0.4, 0.5) is 11.4 Å². The average molecular weight is 427 g/mol. The van der Waals surface area contributed by atoms with Crippen molar-refractivity contribution in [2.24, 2.45) is 0 Å². The van der Waals surface area contributed by atoms with Crippen LogP contribution in [0.25, 0.3) is 5.57 Å². The van der Waals surface area contributed by atoms with E-state index in [0.29, 0.717) is 28.3 Å². The zero-order chi connectivity index (χ0) is 22.9. The van der Waals surface area contributed by atoms with E-state index < -0.39 is 0 Å². The lowest BCUT2D eigenvalue weighted by molar-refractivity contribution is -0.120. The van der Waals surface area contributed by atoms with Crippen molar-refractivity contribution >= 4 is 28.8 Å². The molecular weight excluding hydrogens is 400 g/mol. The number of imide groups is 1. The van der Waals surface area contributed by atoms with Gasteiger partial charge in [-0.15, -0.1) is 0 Å². The molecule has 1 N–H and O–H groups in total. The van der Waals surface area contributed by atoms with Crippen molar-refractivity contribution in [1.29, 1.82) is 0 Å². The largest absolute Gasteiger partial charge is 0.497 e. The first-order valence-electron chi connectivity index (χ1n) is 10.5. The maximum Gasteiger partial charge on any atom is 0.282 e. The van der Waals surface area contributed by atoms with Gasteiger partial charge in [-0.25, -0.2) is 4.90 Å². The number of methoxy groups -OCH3 is 1. The van der Waals surface area contributed by atoms with Crippen molar-refractivity contribution in [2.75, 3.05) is 17.3 Å². The Morgan fingerprint density at radius 2 is 1.50 bits per heavy atom. The van der Waals surface area contributed by atoms with Crippen LogP contribution in [0.3, 0.4) is 0 Å². The SMILES string of the molecule is COc1cccc(NC2=C(c3ccccc3)C(=O)N(c3ccc(C(C)(C)C)cc3)C2=O)c1. The van der Waals surface area contributed by atoms with E-state index in [1.54, 1.807) is 13.2 Å². The van der Waals surface area contributed by atoms with Crippen LogP contribution >= 0.6 is 0 Å². The molecule has 5 heteroatoms. The number of rotatable bonds is 5. The molecule has 4 rings (SSSR count). The molecule has 3 aromatic rings. The van der Waals surface area contributed by atoms with E-state index in [4.69, 9.17) is 4.74 Å². The van der Waals surface area contributed by atoms with Crippen LogP contribution in [0.2, 0.25) is 0 Å². The number of carbonyl (C=O) groups excluding carboxylic acids is 2. The standard InChI is InChI=1S/C27H26N2O3/c1-27(2,3)19-13-15-21(16-14-19)29-25(30)23(18-9-6-5-7-10-18)24(26(29)31)28-20-11-8-12-22(17-20)32-4/h5-17,28H,1-4H3. The number of hydrogen-bond donors (Lipinski definition) is 1. The summed E-state index contributed by atoms with van der Waals surface area (Å²) in [4.78, 5) is 28.2. The van der Waals surface area contributed by atoms with E-state index in [0.717, 1.165) is 5.56 Å². The number of hydrogen-bond acceptors (Lipinski definition) is 4. The molecule has 0 fully saturated rings. The van der Waals surface area contributed by atoms with Crippen molar-refractivity contribution < 1.29 is 14.3 Å². The Labute approximate surface area is 188 Å². The molecule has 0 saturated heterocycles. The van der Waals surface area contributed by atoms with Crippen LogP contribution in [0.15, 0.2) is 84.6 Å². The first-order valence-corrected chi connectivity index (χ1v) is 10.5. The summed E-state index contributed by atoms with van der Waals surface area (Å²) in [5.74, 6) is -0.0847. The Bertz CT molecular complexity index is 1190. The molecule has 1 aliphatic rings. The number of benzene rings is 3. The van der Waals surface area contributed by atoms with Gasteiger partial charge in [0, 0.05) is 11.8 Å². The second-order valence-electron chi connectivity index (χ2n) is 8.72. The summed E-state index contributed by atoms with van der Waals surface area (Å²) in [5.41, 5.74) is 3.59. The molecule has 0 bridgehead atoms. The van der Waals surface area contributed by atoms with E-state index in [-0.39, 0.29) is 22.9 Å². The molecule has 1 aliphatic heterocycles. The Balaban J connectivity index is 1.76. The predicted molar refractivity (Wildman–Crippen MR) is 128 cm³/mol. The smallest absolute Gasteiger partial charge is 0.282 e. The number of amides is 2. The molecule has 0 spiro atoms. The number of anilines is 2. The lowest BCUT2D eigenvalue weighted by atomic mass is 9.87. The van der Waals surface area contributed by atoms with Crippen LogP contribution in [0.5, 0.6) is 5.75 Å². The van der Waals surface area contributed by atoms with Crippen LogP contribution in [0.1, 0.15) is 31.9 Å². The molecule has 0 unspecified atom stereocenters. The number of nitrogens with zero attached hydrogens (tertiary/aromatic N) is 1. The monoisotopic (exact) mass is 426 g/mol. The van der Waals surface area contributed by atoms with Gasteiger partial charge in [-0.2, -0.15) is 0 Å². The van der Waals surface area contributed by atoms with Gasteiger partial charge in [0.2, 0.25) is 0 Å². The van der Waals surface area contributed by atoms with Gasteiger partial charge in [-0.05, 0) is 40.8 Å². The van der Waals surface area contributed by atoms with E-state index >= 15 is 0 Å². The third kappa shape index (κ3) is 4.02. The molecule has 162 valence electrons. The molecule has 0 saturated carbocycles. The quantitative estimate of drug-likeness (QED) is 0.556. The Morgan fingerprint density at radius 3 is 2.12 bits per heavy atom. The lowest BCUT2D eigenvalue weighted by Crippen LogP contribution is -2.32. The Kier molecular flexibility index (Phi) is 5.57. The van der Waals surface area contributed by atoms with Gasteiger partial charge in [0.15, 0.2) is 0 Å². The molecule has 0 radical (unpaired) electrons. The molecule has 2 amide bonds. The minimum atomic E-state index is -0.389. The number of nitrogens with one attached hydrogen (secondary N) is 1. The lowest BCUT2D eigenvalue weighted by Gasteiger charge is -2.21. The third-order valence-corrected chi connectivity index (χ3v) is 5.48. The molecule has 1 heterocycles. The fraction of sp³-hybridized carbons (Fsp3) is 0.185. The second-order valence-corrected chi connectivity index (χ2v) is 8.72. The van der Waals surface area contributed by atoms with Gasteiger partial charge in [0.1, 0.15) is 11.4 Å². The van der Waals surface area contributed by atoms with E-state index in [1.165, 1.54) is 4.90 Å². The van der Waals surface area contributed by atoms with Crippen molar-refractivity contribution in [1.82, 2.24) is 0 Å². The summed E-state index contributed by atoms with van der Waals surface area (Å²) < 4.78 is 5.29. The number of ether oxygens (including phenoxy) is 1. The van der Waals surface area contributed by atoms with E-state index in [2.05, 4.69) is 26.1 Å². The van der Waals surface area contributed by atoms with Gasteiger partial charge in [0.25, 0.3) is 11.8 Å². The van der Waals surface area contributed by atoms with Gasteiger partial charge in [-0.3, -0.25) is 9.59 Å². The van der Waals surface area contributed by atoms with Gasteiger partial charge < -0.3 is 10.1 Å². The van der Waals surface area contributed by atoms with Gasteiger partial charge >= 0.3 is 0 Å². The zero-order valence-corrected chi connectivity index (χ0v) is 18.7. The topological polar surface area (TPSA) is 58.6 Å². The third-order valence-electron chi connectivity index (χ3n) is 5.48. The molecule has 0 atom stereocenters. The molecule has 0 aliphatic carbocycles. The average Bonchev–Trinajstić information content (AvgIpc) is 3.03. The maximum absolute atomic E-state index is 13.5. The zero-order valence-electron chi connectivity index (χ0n) is 18.7. The normalized spacial score (nSPS) is 14.2. The summed E-state index contributed by atoms with van der Waals surface area (Å²) >= 11 is 0. The fourth-order valence-electron chi connectivity index (χ4n) is 3.71. The predicted octanol–water partition coefficient (Wildman–Crippen LogP) is 5.39. The number of carbonyl (C=O) groups is 2. The highest BCUT2D eigenvalue weighted by Crippen LogP contribution is 2.35. The maximum atomic E-state index is 13.5. The summed E-state index contributed by atoms with van der Waals surface area (Å²) in [5, 5.41) is 3.17. The minimum absolute atomic E-state index is 0.0237. The fourth-order valence-corrected chi connectivity index (χ4v) is 3.71. The van der Waals surface area contributed by atoms with Crippen LogP contribution in [-0.4, -0.2) is 18.9 Å². The van der Waals surface area contributed by atoms with Crippen molar-refractivity contribution in [2.45, 2.75) is 26.2 Å². The van der Waals surface area contributed by atoms with E-state index in [9.17, 15) is 9.59 Å². The molecule has 0 aromatic heterocycles. The first kappa shape index (κ1) is 21.4. The summed E-state index contributed by atoms with van der Waals surface area (Å²) in [6.45, 7) is 6.37. The summed E-state index contributed by atoms with van der Waals surface area (Å²) in [7, 11) is 1.58. The van der Waals surface area contributed by atoms with Crippen LogP contribution in [-0.2, 0) is 15.0 Å². The Hall–Kier alpha value is -3.86. The van der Waals surface area contributed by atoms with Crippen molar-refractivity contribution in [3.05, 3.63) is 95.7 Å². The van der Waals surface area contributed by atoms with Crippen molar-refractivity contribution in [3.63, 3.8) is 0 Å². The van der Waals surface area contributed by atoms with Gasteiger partial charge in [-0.1, -0.05) is 69.3 Å². The first-order chi connectivity index (χ1) is 15.3. The van der Waals surface area contributed by atoms with Gasteiger partial charge in [0.05, 0.1) is 18.4 Å². The van der Waals surface area contributed by atoms with Crippen LogP contribution in [0, 0.1) is 0 Å². The van der Waals surface area contributed by atoms with Crippen LogP contribution < -0.4 is 15.0 Å². The van der Waals surface area contributed by atoms with Crippen molar-refractivity contribution in [3.8, 4) is 5.75 Å². The summed E-state index contributed by atoms with van der Waals surface area (Å²) in [6, 6.07) is 24.1. The highest BCUT2D eigenvalue weighted by atomic mass is 16.5. The highest BCUT2D eigenvalue weighted by Gasteiger charge is 2.40. The second kappa shape index (κ2) is 8.35. The minimum Gasteiger partial charge on any atom is -0.497 e. The molecule has 3 aromatic carbocycles. The summed E-state index contributed by atoms with van der Waals surface area (Å²) in [6.07, 6.45) is 0. The highest BCUT2D eigenvalue weighted by molar-refractivity contribution is 6.46.